The molecule has 1 atom stereocenters. The first-order chi connectivity index (χ1) is 16.8. The first-order valence-electron chi connectivity index (χ1n) is 10.9. The van der Waals surface area contributed by atoms with Crippen LogP contribution in [0.1, 0.15) is 34.5 Å². The molecule has 9 heteroatoms. The molecule has 4 aromatic rings. The maximum atomic E-state index is 12.5. The van der Waals surface area contributed by atoms with Crippen LogP contribution in [-0.4, -0.2) is 22.9 Å². The van der Waals surface area contributed by atoms with Crippen LogP contribution in [0.3, 0.4) is 0 Å². The number of ether oxygens (including phenoxy) is 1. The molecule has 0 saturated heterocycles. The summed E-state index contributed by atoms with van der Waals surface area (Å²) < 4.78 is 16.7. The van der Waals surface area contributed by atoms with Crippen LogP contribution in [0.2, 0.25) is 5.02 Å². The van der Waals surface area contributed by atoms with E-state index < -0.39 is 6.10 Å². The highest BCUT2D eigenvalue weighted by Crippen LogP contribution is 2.25. The Morgan fingerprint density at radius 2 is 1.89 bits per heavy atom. The monoisotopic (exact) mass is 493 g/mol. The van der Waals surface area contributed by atoms with Crippen molar-refractivity contribution in [3.05, 3.63) is 88.7 Å². The quantitative estimate of drug-likeness (QED) is 0.333. The van der Waals surface area contributed by atoms with Crippen molar-refractivity contribution in [3.63, 3.8) is 0 Å². The zero-order valence-corrected chi connectivity index (χ0v) is 20.2. The standard InChI is InChI=1S/C26H24ClN3O5/c1-15-22(10-11-33-15)25(32)29-20-8-4-6-18(12-20)26-30-23(16(2)35-26)14-28-24(31)17(3)34-21-9-5-7-19(27)13-21/h4-13,17H,14H2,1-3H3,(H,28,31)(H,29,32). The summed E-state index contributed by atoms with van der Waals surface area (Å²) in [5.74, 6) is 1.44. The SMILES string of the molecule is Cc1occc1C(=O)Nc1cccc(-c2nc(CNC(=O)C(C)Oc3cccc(Cl)c3)c(C)o2)c1. The molecular weight excluding hydrogens is 470 g/mol. The van der Waals surface area contributed by atoms with Gasteiger partial charge in [0, 0.05) is 16.3 Å². The molecule has 2 N–H and O–H groups in total. The van der Waals surface area contributed by atoms with E-state index in [4.69, 9.17) is 25.2 Å². The van der Waals surface area contributed by atoms with E-state index in [0.717, 1.165) is 0 Å². The van der Waals surface area contributed by atoms with Crippen molar-refractivity contribution in [3.8, 4) is 17.2 Å². The number of carbonyl (C=O) groups excluding carboxylic acids is 2. The molecule has 8 nitrogen and oxygen atoms in total. The van der Waals surface area contributed by atoms with Crippen LogP contribution in [0.5, 0.6) is 5.75 Å². The number of benzene rings is 2. The second-order valence-electron chi connectivity index (χ2n) is 7.88. The number of halogens is 1. The van der Waals surface area contributed by atoms with Gasteiger partial charge in [0.05, 0.1) is 18.4 Å². The Kier molecular flexibility index (Phi) is 7.22. The van der Waals surface area contributed by atoms with E-state index in [-0.39, 0.29) is 18.4 Å². The first-order valence-corrected chi connectivity index (χ1v) is 11.3. The summed E-state index contributed by atoms with van der Waals surface area (Å²) >= 11 is 5.96. The Balaban J connectivity index is 1.39. The predicted molar refractivity (Wildman–Crippen MR) is 131 cm³/mol. The number of carbonyl (C=O) groups is 2. The zero-order chi connectivity index (χ0) is 24.9. The fraction of sp³-hybridized carbons (Fsp3) is 0.192. The Hall–Kier alpha value is -4.04. The van der Waals surface area contributed by atoms with E-state index in [1.165, 1.54) is 6.26 Å². The summed E-state index contributed by atoms with van der Waals surface area (Å²) in [4.78, 5) is 29.5. The summed E-state index contributed by atoms with van der Waals surface area (Å²) in [5.41, 5.74) is 2.33. The van der Waals surface area contributed by atoms with Crippen LogP contribution < -0.4 is 15.4 Å². The van der Waals surface area contributed by atoms with Crippen molar-refractivity contribution >= 4 is 29.1 Å². The van der Waals surface area contributed by atoms with Crippen LogP contribution in [0.4, 0.5) is 5.69 Å². The van der Waals surface area contributed by atoms with Gasteiger partial charge in [0.2, 0.25) is 5.89 Å². The fourth-order valence-electron chi connectivity index (χ4n) is 3.38. The molecule has 2 amide bonds. The Bertz CT molecular complexity index is 1360. The van der Waals surface area contributed by atoms with Gasteiger partial charge in [0.25, 0.3) is 11.8 Å². The molecule has 2 aromatic heterocycles. The van der Waals surface area contributed by atoms with Crippen LogP contribution in [0.25, 0.3) is 11.5 Å². The molecule has 35 heavy (non-hydrogen) atoms. The topological polar surface area (TPSA) is 107 Å². The van der Waals surface area contributed by atoms with Gasteiger partial charge in [-0.15, -0.1) is 0 Å². The minimum atomic E-state index is -0.723. The van der Waals surface area contributed by atoms with Crippen molar-refractivity contribution in [2.24, 2.45) is 0 Å². The minimum Gasteiger partial charge on any atom is -0.481 e. The van der Waals surface area contributed by atoms with Gasteiger partial charge in [0.15, 0.2) is 6.10 Å². The van der Waals surface area contributed by atoms with E-state index in [2.05, 4.69) is 15.6 Å². The number of hydrogen-bond donors (Lipinski definition) is 2. The molecule has 2 heterocycles. The second kappa shape index (κ2) is 10.5. The minimum absolute atomic E-state index is 0.174. The normalized spacial score (nSPS) is 11.7. The maximum absolute atomic E-state index is 12.5. The van der Waals surface area contributed by atoms with Gasteiger partial charge in [0.1, 0.15) is 23.0 Å². The third-order valence-electron chi connectivity index (χ3n) is 5.27. The Labute approximate surface area is 207 Å². The fourth-order valence-corrected chi connectivity index (χ4v) is 3.56. The summed E-state index contributed by atoms with van der Waals surface area (Å²) in [6, 6.07) is 15.6. The molecule has 0 spiro atoms. The molecule has 1 unspecified atom stereocenters. The van der Waals surface area contributed by atoms with Gasteiger partial charge in [-0.2, -0.15) is 0 Å². The van der Waals surface area contributed by atoms with Gasteiger partial charge in [-0.25, -0.2) is 4.98 Å². The summed E-state index contributed by atoms with van der Waals surface area (Å²) in [6.07, 6.45) is 0.750. The van der Waals surface area contributed by atoms with E-state index in [1.54, 1.807) is 69.3 Å². The van der Waals surface area contributed by atoms with Crippen LogP contribution in [0.15, 0.2) is 69.7 Å². The largest absolute Gasteiger partial charge is 0.481 e. The number of anilines is 1. The van der Waals surface area contributed by atoms with E-state index in [9.17, 15) is 9.59 Å². The summed E-state index contributed by atoms with van der Waals surface area (Å²) in [6.45, 7) is 5.33. The third kappa shape index (κ3) is 5.91. The van der Waals surface area contributed by atoms with Gasteiger partial charge >= 0.3 is 0 Å². The van der Waals surface area contributed by atoms with E-state index in [1.807, 2.05) is 6.07 Å². The van der Waals surface area contributed by atoms with Crippen molar-refractivity contribution in [2.75, 3.05) is 5.32 Å². The molecule has 2 aromatic carbocycles. The van der Waals surface area contributed by atoms with Crippen molar-refractivity contribution in [2.45, 2.75) is 33.4 Å². The molecule has 180 valence electrons. The molecule has 4 rings (SSSR count). The molecular formula is C26H24ClN3O5. The number of nitrogens with zero attached hydrogens (tertiary/aromatic N) is 1. The molecule has 0 aliphatic heterocycles. The third-order valence-corrected chi connectivity index (χ3v) is 5.51. The number of furan rings is 1. The number of rotatable bonds is 8. The number of hydrogen-bond acceptors (Lipinski definition) is 6. The van der Waals surface area contributed by atoms with Gasteiger partial charge in [-0.3, -0.25) is 9.59 Å². The van der Waals surface area contributed by atoms with Crippen molar-refractivity contribution in [1.29, 1.82) is 0 Å². The van der Waals surface area contributed by atoms with Crippen molar-refractivity contribution < 1.29 is 23.2 Å². The van der Waals surface area contributed by atoms with Gasteiger partial charge in [-0.05, 0) is 63.2 Å². The predicted octanol–water partition coefficient (Wildman–Crippen LogP) is 5.54. The highest BCUT2D eigenvalue weighted by Gasteiger charge is 2.18. The smallest absolute Gasteiger partial charge is 0.261 e. The summed E-state index contributed by atoms with van der Waals surface area (Å²) in [5, 5.41) is 6.19. The number of aromatic nitrogens is 1. The average molecular weight is 494 g/mol. The van der Waals surface area contributed by atoms with E-state index >= 15 is 0 Å². The first kappa shape index (κ1) is 24.1. The number of oxazole rings is 1. The molecule has 0 aliphatic rings. The highest BCUT2D eigenvalue weighted by atomic mass is 35.5. The molecule has 0 radical (unpaired) electrons. The molecule has 0 fully saturated rings. The number of aryl methyl sites for hydroxylation is 2. The van der Waals surface area contributed by atoms with Crippen molar-refractivity contribution in [1.82, 2.24) is 10.3 Å². The molecule has 0 bridgehead atoms. The lowest BCUT2D eigenvalue weighted by Gasteiger charge is -2.14. The average Bonchev–Trinajstić information content (AvgIpc) is 3.43. The van der Waals surface area contributed by atoms with Gasteiger partial charge < -0.3 is 24.2 Å². The van der Waals surface area contributed by atoms with E-state index in [0.29, 0.717) is 50.7 Å². The zero-order valence-electron chi connectivity index (χ0n) is 19.4. The van der Waals surface area contributed by atoms with Crippen LogP contribution in [0, 0.1) is 13.8 Å². The lowest BCUT2D eigenvalue weighted by molar-refractivity contribution is -0.127. The maximum Gasteiger partial charge on any atom is 0.261 e. The van der Waals surface area contributed by atoms with Crippen LogP contribution in [-0.2, 0) is 11.3 Å². The Morgan fingerprint density at radius 3 is 2.63 bits per heavy atom. The van der Waals surface area contributed by atoms with Crippen LogP contribution >= 0.6 is 11.6 Å². The lowest BCUT2D eigenvalue weighted by atomic mass is 10.2. The second-order valence-corrected chi connectivity index (χ2v) is 8.32. The molecule has 0 saturated carbocycles. The number of nitrogens with one attached hydrogen (secondary N) is 2. The lowest BCUT2D eigenvalue weighted by Crippen LogP contribution is -2.36. The Morgan fingerprint density at radius 1 is 1.09 bits per heavy atom. The summed E-state index contributed by atoms with van der Waals surface area (Å²) in [7, 11) is 0. The highest BCUT2D eigenvalue weighted by molar-refractivity contribution is 6.30. The van der Waals surface area contributed by atoms with Gasteiger partial charge in [-0.1, -0.05) is 23.7 Å². The number of amides is 2. The molecule has 0 aliphatic carbocycles.